The smallest absolute Gasteiger partial charge is 0.261 e. The Hall–Kier alpha value is -0.950. The van der Waals surface area contributed by atoms with E-state index in [-0.39, 0.29) is 31.3 Å². The van der Waals surface area contributed by atoms with E-state index in [4.69, 9.17) is 14.6 Å². The van der Waals surface area contributed by atoms with E-state index < -0.39 is 0 Å². The van der Waals surface area contributed by atoms with Crippen LogP contribution >= 0.6 is 11.3 Å². The van der Waals surface area contributed by atoms with Crippen LogP contribution in [0.4, 0.5) is 0 Å². The summed E-state index contributed by atoms with van der Waals surface area (Å²) in [6.45, 7) is 3.23. The minimum atomic E-state index is -0.190. The fourth-order valence-corrected chi connectivity index (χ4v) is 2.91. The molecule has 1 saturated heterocycles. The number of hydrogen-bond acceptors (Lipinski definition) is 5. The number of amides is 1. The number of hydrogen-bond donors (Lipinski definition) is 2. The predicted molar refractivity (Wildman–Crippen MR) is 72.6 cm³/mol. The highest BCUT2D eigenvalue weighted by atomic mass is 32.1. The minimum Gasteiger partial charge on any atom is -0.394 e. The maximum absolute atomic E-state index is 12.2. The molecule has 1 aliphatic heterocycles. The highest BCUT2D eigenvalue weighted by molar-refractivity contribution is 7.12. The van der Waals surface area contributed by atoms with Gasteiger partial charge in [-0.3, -0.25) is 4.79 Å². The molecule has 6 heteroatoms. The molecule has 2 rings (SSSR count). The van der Waals surface area contributed by atoms with Gasteiger partial charge in [0.15, 0.2) is 0 Å². The quantitative estimate of drug-likeness (QED) is 0.845. The van der Waals surface area contributed by atoms with Gasteiger partial charge in [0.1, 0.15) is 6.10 Å². The molecule has 1 aliphatic rings. The van der Waals surface area contributed by atoms with E-state index in [0.29, 0.717) is 13.2 Å². The van der Waals surface area contributed by atoms with Gasteiger partial charge in [0.2, 0.25) is 0 Å². The van der Waals surface area contributed by atoms with E-state index in [1.807, 2.05) is 18.4 Å². The molecule has 2 atom stereocenters. The first kappa shape index (κ1) is 14.5. The Kier molecular flexibility index (Phi) is 5.33. The molecule has 1 fully saturated rings. The largest absolute Gasteiger partial charge is 0.394 e. The lowest BCUT2D eigenvalue weighted by molar-refractivity contribution is -0.0737. The number of nitrogens with one attached hydrogen (secondary N) is 1. The van der Waals surface area contributed by atoms with Crippen LogP contribution in [0.25, 0.3) is 0 Å². The summed E-state index contributed by atoms with van der Waals surface area (Å²) in [6.07, 6.45) is 0.539. The standard InChI is InChI=1S/C13H19NO4S/c1-9-3-7-19-12(9)13(16)14-10-2-5-17-8-11(10)18-6-4-15/h3,7,10-11,15H,2,4-6,8H2,1H3,(H,14,16)/t10-,11-/m0/s1. The summed E-state index contributed by atoms with van der Waals surface area (Å²) in [4.78, 5) is 12.9. The maximum atomic E-state index is 12.2. The summed E-state index contributed by atoms with van der Waals surface area (Å²) >= 11 is 1.44. The van der Waals surface area contributed by atoms with Crippen molar-refractivity contribution in [2.75, 3.05) is 26.4 Å². The second kappa shape index (κ2) is 7.00. The van der Waals surface area contributed by atoms with Gasteiger partial charge >= 0.3 is 0 Å². The third-order valence-electron chi connectivity index (χ3n) is 3.11. The Morgan fingerprint density at radius 1 is 1.68 bits per heavy atom. The molecule has 106 valence electrons. The van der Waals surface area contributed by atoms with Crippen LogP contribution in [0.5, 0.6) is 0 Å². The van der Waals surface area contributed by atoms with Crippen molar-refractivity contribution in [1.29, 1.82) is 0 Å². The number of aryl methyl sites for hydroxylation is 1. The average Bonchev–Trinajstić information content (AvgIpc) is 2.84. The summed E-state index contributed by atoms with van der Waals surface area (Å²) in [5.41, 5.74) is 0.988. The molecular formula is C13H19NO4S. The number of carbonyl (C=O) groups is 1. The first-order chi connectivity index (χ1) is 9.22. The Bertz CT molecular complexity index is 421. The number of aliphatic hydroxyl groups is 1. The van der Waals surface area contributed by atoms with Crippen molar-refractivity contribution in [3.63, 3.8) is 0 Å². The van der Waals surface area contributed by atoms with Gasteiger partial charge in [-0.05, 0) is 30.4 Å². The van der Waals surface area contributed by atoms with Gasteiger partial charge < -0.3 is 19.9 Å². The molecule has 1 aromatic heterocycles. The number of rotatable bonds is 5. The van der Waals surface area contributed by atoms with E-state index in [0.717, 1.165) is 16.9 Å². The zero-order valence-electron chi connectivity index (χ0n) is 10.9. The van der Waals surface area contributed by atoms with Gasteiger partial charge in [-0.2, -0.15) is 0 Å². The van der Waals surface area contributed by atoms with Gasteiger partial charge in [-0.15, -0.1) is 11.3 Å². The Balaban J connectivity index is 1.95. The molecule has 1 aromatic rings. The zero-order chi connectivity index (χ0) is 13.7. The Morgan fingerprint density at radius 2 is 2.53 bits per heavy atom. The van der Waals surface area contributed by atoms with Crippen molar-refractivity contribution in [2.24, 2.45) is 0 Å². The van der Waals surface area contributed by atoms with Crippen molar-refractivity contribution < 1.29 is 19.4 Å². The van der Waals surface area contributed by atoms with Crippen LogP contribution in [0.3, 0.4) is 0 Å². The first-order valence-electron chi connectivity index (χ1n) is 6.37. The highest BCUT2D eigenvalue weighted by Crippen LogP contribution is 2.17. The molecule has 0 saturated carbocycles. The first-order valence-corrected chi connectivity index (χ1v) is 7.25. The minimum absolute atomic E-state index is 0.0266. The summed E-state index contributed by atoms with van der Waals surface area (Å²) in [5.74, 6) is -0.0583. The molecule has 0 aromatic carbocycles. The topological polar surface area (TPSA) is 67.8 Å². The molecular weight excluding hydrogens is 266 g/mol. The van der Waals surface area contributed by atoms with Crippen LogP contribution in [0.2, 0.25) is 0 Å². The second-order valence-electron chi connectivity index (χ2n) is 4.51. The van der Waals surface area contributed by atoms with E-state index in [1.165, 1.54) is 11.3 Å². The highest BCUT2D eigenvalue weighted by Gasteiger charge is 2.28. The van der Waals surface area contributed by atoms with Gasteiger partial charge in [-0.25, -0.2) is 0 Å². The van der Waals surface area contributed by atoms with Gasteiger partial charge in [0, 0.05) is 6.61 Å². The normalized spacial score (nSPS) is 23.3. The number of aliphatic hydroxyl groups excluding tert-OH is 1. The van der Waals surface area contributed by atoms with Gasteiger partial charge in [-0.1, -0.05) is 0 Å². The van der Waals surface area contributed by atoms with Crippen molar-refractivity contribution in [3.8, 4) is 0 Å². The van der Waals surface area contributed by atoms with Crippen LogP contribution in [0.15, 0.2) is 11.4 Å². The summed E-state index contributed by atoms with van der Waals surface area (Å²) < 4.78 is 10.9. The van der Waals surface area contributed by atoms with Crippen molar-refractivity contribution in [1.82, 2.24) is 5.32 Å². The van der Waals surface area contributed by atoms with Crippen molar-refractivity contribution in [2.45, 2.75) is 25.5 Å². The molecule has 19 heavy (non-hydrogen) atoms. The van der Waals surface area contributed by atoms with E-state index in [1.54, 1.807) is 0 Å². The Morgan fingerprint density at radius 3 is 3.21 bits per heavy atom. The molecule has 5 nitrogen and oxygen atoms in total. The monoisotopic (exact) mass is 285 g/mol. The fourth-order valence-electron chi connectivity index (χ4n) is 2.08. The SMILES string of the molecule is Cc1ccsc1C(=O)N[C@H]1CCOC[C@@H]1OCCO. The van der Waals surface area contributed by atoms with E-state index in [2.05, 4.69) is 5.32 Å². The summed E-state index contributed by atoms with van der Waals surface area (Å²) in [6, 6.07) is 1.87. The Labute approximate surface area is 116 Å². The lowest BCUT2D eigenvalue weighted by atomic mass is 10.1. The maximum Gasteiger partial charge on any atom is 0.261 e. The van der Waals surface area contributed by atoms with Crippen molar-refractivity contribution >= 4 is 17.2 Å². The summed E-state index contributed by atoms with van der Waals surface area (Å²) in [5, 5.41) is 13.7. The molecule has 0 radical (unpaired) electrons. The predicted octanol–water partition coefficient (Wildman–Crippen LogP) is 0.953. The molecule has 0 spiro atoms. The molecule has 1 amide bonds. The number of thiophene rings is 1. The molecule has 0 unspecified atom stereocenters. The summed E-state index contributed by atoms with van der Waals surface area (Å²) in [7, 11) is 0. The molecule has 0 bridgehead atoms. The van der Waals surface area contributed by atoms with Crippen LogP contribution < -0.4 is 5.32 Å². The van der Waals surface area contributed by atoms with Crippen LogP contribution in [-0.2, 0) is 9.47 Å². The van der Waals surface area contributed by atoms with Crippen LogP contribution in [0, 0.1) is 6.92 Å². The van der Waals surface area contributed by atoms with E-state index in [9.17, 15) is 4.79 Å². The van der Waals surface area contributed by atoms with Crippen LogP contribution in [-0.4, -0.2) is 49.6 Å². The molecule has 2 N–H and O–H groups in total. The fraction of sp³-hybridized carbons (Fsp3) is 0.615. The molecule has 2 heterocycles. The lowest BCUT2D eigenvalue weighted by Crippen LogP contribution is -2.50. The second-order valence-corrected chi connectivity index (χ2v) is 5.43. The van der Waals surface area contributed by atoms with Crippen molar-refractivity contribution in [3.05, 3.63) is 21.9 Å². The lowest BCUT2D eigenvalue weighted by Gasteiger charge is -2.31. The third-order valence-corrected chi connectivity index (χ3v) is 4.13. The number of ether oxygens (including phenoxy) is 2. The van der Waals surface area contributed by atoms with E-state index >= 15 is 0 Å². The van der Waals surface area contributed by atoms with Crippen LogP contribution in [0.1, 0.15) is 21.7 Å². The number of carbonyl (C=O) groups excluding carboxylic acids is 1. The zero-order valence-corrected chi connectivity index (χ0v) is 11.7. The average molecular weight is 285 g/mol. The third kappa shape index (κ3) is 3.76. The van der Waals surface area contributed by atoms with Gasteiger partial charge in [0.25, 0.3) is 5.91 Å². The molecule has 0 aliphatic carbocycles. The van der Waals surface area contributed by atoms with Gasteiger partial charge in [0.05, 0.1) is 30.7 Å².